The van der Waals surface area contributed by atoms with Gasteiger partial charge in [0.15, 0.2) is 0 Å². The Morgan fingerprint density at radius 3 is 2.43 bits per heavy atom. The van der Waals surface area contributed by atoms with Crippen LogP contribution in [0.25, 0.3) is 0 Å². The number of para-hydroxylation sites is 1. The molecular weight excluding hydrogens is 290 g/mol. The Balaban J connectivity index is 1.61. The second-order valence-electron chi connectivity index (χ2n) is 5.61. The fourth-order valence-electron chi connectivity index (χ4n) is 2.59. The summed E-state index contributed by atoms with van der Waals surface area (Å²) in [6, 6.07) is 16.9. The number of nitrogens with zero attached hydrogens (tertiary/aromatic N) is 2. The number of nitrogens with one attached hydrogen (secondary N) is 1. The Hall–Kier alpha value is -2.82. The average molecular weight is 309 g/mol. The van der Waals surface area contributed by atoms with E-state index < -0.39 is 0 Å². The highest BCUT2D eigenvalue weighted by molar-refractivity contribution is 5.99. The van der Waals surface area contributed by atoms with Gasteiger partial charge in [0.25, 0.3) is 0 Å². The molecular formula is C18H19N3O2. The van der Waals surface area contributed by atoms with Gasteiger partial charge in [0.2, 0.25) is 5.91 Å². The smallest absolute Gasteiger partial charge is 0.325 e. The first kappa shape index (κ1) is 15.1. The van der Waals surface area contributed by atoms with E-state index in [1.165, 1.54) is 0 Å². The molecule has 5 nitrogen and oxygen atoms in total. The SMILES string of the molecule is Cc1ccc(N2CCN(CC(=O)Nc3ccccc3)C2=O)cc1. The molecule has 0 aromatic heterocycles. The monoisotopic (exact) mass is 309 g/mol. The van der Waals surface area contributed by atoms with E-state index in [1.54, 1.807) is 9.80 Å². The number of urea groups is 1. The number of amides is 3. The third-order valence-electron chi connectivity index (χ3n) is 3.83. The van der Waals surface area contributed by atoms with Gasteiger partial charge in [-0.3, -0.25) is 9.69 Å². The number of anilines is 2. The number of aryl methyl sites for hydroxylation is 1. The van der Waals surface area contributed by atoms with Crippen LogP contribution in [0, 0.1) is 6.92 Å². The normalized spacial score (nSPS) is 14.2. The van der Waals surface area contributed by atoms with Gasteiger partial charge in [-0.1, -0.05) is 35.9 Å². The summed E-state index contributed by atoms with van der Waals surface area (Å²) in [5.41, 5.74) is 2.76. The van der Waals surface area contributed by atoms with Crippen molar-refractivity contribution in [2.45, 2.75) is 6.92 Å². The van der Waals surface area contributed by atoms with E-state index in [-0.39, 0.29) is 18.5 Å². The minimum atomic E-state index is -0.185. The number of carbonyl (C=O) groups excluding carboxylic acids is 2. The van der Waals surface area contributed by atoms with Crippen molar-refractivity contribution in [1.29, 1.82) is 0 Å². The van der Waals surface area contributed by atoms with Crippen LogP contribution in [0.2, 0.25) is 0 Å². The lowest BCUT2D eigenvalue weighted by molar-refractivity contribution is -0.116. The van der Waals surface area contributed by atoms with Crippen LogP contribution in [0.1, 0.15) is 5.56 Å². The predicted molar refractivity (Wildman–Crippen MR) is 90.6 cm³/mol. The van der Waals surface area contributed by atoms with Crippen molar-refractivity contribution < 1.29 is 9.59 Å². The maximum atomic E-state index is 12.5. The quantitative estimate of drug-likeness (QED) is 0.944. The van der Waals surface area contributed by atoms with Crippen LogP contribution in [0.3, 0.4) is 0 Å². The van der Waals surface area contributed by atoms with Gasteiger partial charge in [-0.05, 0) is 31.2 Å². The highest BCUT2D eigenvalue weighted by atomic mass is 16.2. The standard InChI is InChI=1S/C18H19N3O2/c1-14-7-9-16(10-8-14)21-12-11-20(18(21)23)13-17(22)19-15-5-3-2-4-6-15/h2-10H,11-13H2,1H3,(H,19,22). The Morgan fingerprint density at radius 2 is 1.74 bits per heavy atom. The molecule has 23 heavy (non-hydrogen) atoms. The van der Waals surface area contributed by atoms with E-state index in [2.05, 4.69) is 5.32 Å². The molecule has 1 aliphatic heterocycles. The molecule has 0 unspecified atom stereocenters. The molecule has 0 radical (unpaired) electrons. The fraction of sp³-hybridized carbons (Fsp3) is 0.222. The molecule has 3 rings (SSSR count). The molecule has 1 aliphatic rings. The van der Waals surface area contributed by atoms with Crippen LogP contribution >= 0.6 is 0 Å². The van der Waals surface area contributed by atoms with E-state index in [9.17, 15) is 9.59 Å². The maximum Gasteiger partial charge on any atom is 0.325 e. The summed E-state index contributed by atoms with van der Waals surface area (Å²) in [5.74, 6) is -0.185. The van der Waals surface area contributed by atoms with Crippen molar-refractivity contribution in [3.8, 4) is 0 Å². The van der Waals surface area contributed by atoms with Crippen molar-refractivity contribution in [3.63, 3.8) is 0 Å². The van der Waals surface area contributed by atoms with E-state index >= 15 is 0 Å². The minimum absolute atomic E-state index is 0.0656. The Labute approximate surface area is 135 Å². The zero-order chi connectivity index (χ0) is 16.2. The summed E-state index contributed by atoms with van der Waals surface area (Å²) in [6.45, 7) is 3.22. The summed E-state index contributed by atoms with van der Waals surface area (Å²) in [6.07, 6.45) is 0. The van der Waals surface area contributed by atoms with Crippen LogP contribution in [0.5, 0.6) is 0 Å². The Morgan fingerprint density at radius 1 is 1.04 bits per heavy atom. The third kappa shape index (κ3) is 3.51. The first-order chi connectivity index (χ1) is 11.1. The molecule has 0 bridgehead atoms. The van der Waals surface area contributed by atoms with Gasteiger partial charge in [0.1, 0.15) is 6.54 Å². The van der Waals surface area contributed by atoms with E-state index in [0.717, 1.165) is 16.9 Å². The lowest BCUT2D eigenvalue weighted by Gasteiger charge is -2.18. The molecule has 0 saturated carbocycles. The number of hydrogen-bond acceptors (Lipinski definition) is 2. The van der Waals surface area contributed by atoms with Gasteiger partial charge >= 0.3 is 6.03 Å². The maximum absolute atomic E-state index is 12.5. The second kappa shape index (κ2) is 6.52. The van der Waals surface area contributed by atoms with Crippen molar-refractivity contribution in [3.05, 3.63) is 60.2 Å². The van der Waals surface area contributed by atoms with Crippen molar-refractivity contribution in [1.82, 2.24) is 4.90 Å². The molecule has 5 heteroatoms. The van der Waals surface area contributed by atoms with Crippen LogP contribution in [0.4, 0.5) is 16.2 Å². The molecule has 0 aliphatic carbocycles. The summed E-state index contributed by atoms with van der Waals surface area (Å²) in [4.78, 5) is 27.8. The molecule has 1 fully saturated rings. The molecule has 1 N–H and O–H groups in total. The molecule has 2 aromatic carbocycles. The zero-order valence-corrected chi connectivity index (χ0v) is 13.0. The summed E-state index contributed by atoms with van der Waals surface area (Å²) < 4.78 is 0. The van der Waals surface area contributed by atoms with E-state index in [0.29, 0.717) is 13.1 Å². The van der Waals surface area contributed by atoms with Gasteiger partial charge < -0.3 is 10.2 Å². The minimum Gasteiger partial charge on any atom is -0.325 e. The molecule has 2 aromatic rings. The van der Waals surface area contributed by atoms with E-state index in [4.69, 9.17) is 0 Å². The molecule has 0 atom stereocenters. The van der Waals surface area contributed by atoms with Crippen LogP contribution in [0.15, 0.2) is 54.6 Å². The van der Waals surface area contributed by atoms with Gasteiger partial charge in [0, 0.05) is 24.5 Å². The van der Waals surface area contributed by atoms with Gasteiger partial charge in [0.05, 0.1) is 0 Å². The average Bonchev–Trinajstić information content (AvgIpc) is 2.90. The first-order valence-corrected chi connectivity index (χ1v) is 7.61. The van der Waals surface area contributed by atoms with Crippen molar-refractivity contribution in [2.24, 2.45) is 0 Å². The lowest BCUT2D eigenvalue weighted by Crippen LogP contribution is -2.37. The number of benzene rings is 2. The third-order valence-corrected chi connectivity index (χ3v) is 3.83. The first-order valence-electron chi connectivity index (χ1n) is 7.61. The number of rotatable bonds is 4. The summed E-state index contributed by atoms with van der Waals surface area (Å²) in [7, 11) is 0. The van der Waals surface area contributed by atoms with Crippen LogP contribution < -0.4 is 10.2 Å². The molecule has 3 amide bonds. The molecule has 0 spiro atoms. The molecule has 1 heterocycles. The predicted octanol–water partition coefficient (Wildman–Crippen LogP) is 2.88. The number of carbonyl (C=O) groups is 2. The second-order valence-corrected chi connectivity index (χ2v) is 5.61. The largest absolute Gasteiger partial charge is 0.325 e. The van der Waals surface area contributed by atoms with E-state index in [1.807, 2.05) is 61.5 Å². The Kier molecular flexibility index (Phi) is 4.28. The Bertz CT molecular complexity index is 698. The van der Waals surface area contributed by atoms with Crippen LogP contribution in [-0.4, -0.2) is 36.5 Å². The lowest BCUT2D eigenvalue weighted by atomic mass is 10.2. The fourth-order valence-corrected chi connectivity index (χ4v) is 2.59. The number of hydrogen-bond donors (Lipinski definition) is 1. The van der Waals surface area contributed by atoms with Crippen molar-refractivity contribution >= 4 is 23.3 Å². The summed E-state index contributed by atoms with van der Waals surface area (Å²) in [5, 5.41) is 2.80. The van der Waals surface area contributed by atoms with Gasteiger partial charge in [-0.2, -0.15) is 0 Å². The summed E-state index contributed by atoms with van der Waals surface area (Å²) >= 11 is 0. The van der Waals surface area contributed by atoms with Crippen molar-refractivity contribution in [2.75, 3.05) is 29.9 Å². The highest BCUT2D eigenvalue weighted by Gasteiger charge is 2.30. The van der Waals surface area contributed by atoms with Gasteiger partial charge in [-0.25, -0.2) is 4.79 Å². The molecule has 1 saturated heterocycles. The van der Waals surface area contributed by atoms with Crippen LogP contribution in [-0.2, 0) is 4.79 Å². The topological polar surface area (TPSA) is 52.6 Å². The molecule has 118 valence electrons. The highest BCUT2D eigenvalue weighted by Crippen LogP contribution is 2.20. The zero-order valence-electron chi connectivity index (χ0n) is 13.0. The van der Waals surface area contributed by atoms with Gasteiger partial charge in [-0.15, -0.1) is 0 Å².